The number of hydrogen-bond acceptors (Lipinski definition) is 5. The molecule has 2 aliphatic rings. The van der Waals surface area contributed by atoms with Crippen molar-refractivity contribution in [3.63, 3.8) is 0 Å². The van der Waals surface area contributed by atoms with E-state index < -0.39 is 0 Å². The number of aromatic nitrogens is 2. The number of hydrogen-bond donors (Lipinski definition) is 2. The number of nitrogens with one attached hydrogen (secondary N) is 2. The maximum Gasteiger partial charge on any atom is 0.272 e. The van der Waals surface area contributed by atoms with Crippen LogP contribution in [0.5, 0.6) is 0 Å². The van der Waals surface area contributed by atoms with Crippen molar-refractivity contribution >= 4 is 5.91 Å². The molecule has 140 valence electrons. The summed E-state index contributed by atoms with van der Waals surface area (Å²) in [6.45, 7) is 5.51. The van der Waals surface area contributed by atoms with Gasteiger partial charge in [0.25, 0.3) is 5.91 Å². The highest BCUT2D eigenvalue weighted by Crippen LogP contribution is 2.25. The van der Waals surface area contributed by atoms with Gasteiger partial charge in [-0.25, -0.2) is 0 Å². The van der Waals surface area contributed by atoms with Gasteiger partial charge in [-0.15, -0.1) is 0 Å². The molecule has 0 saturated carbocycles. The van der Waals surface area contributed by atoms with E-state index in [-0.39, 0.29) is 11.9 Å². The molecule has 4 rings (SSSR count). The van der Waals surface area contributed by atoms with E-state index in [0.29, 0.717) is 25.5 Å². The van der Waals surface area contributed by atoms with Gasteiger partial charge in [-0.3, -0.25) is 14.8 Å². The van der Waals surface area contributed by atoms with E-state index in [1.54, 1.807) is 0 Å². The van der Waals surface area contributed by atoms with Crippen molar-refractivity contribution < 1.29 is 13.9 Å². The number of fused-ring (bicyclic) bond motifs is 1. The fourth-order valence-electron chi connectivity index (χ4n) is 3.87. The number of nitrogens with zero attached hydrogens (tertiary/aromatic N) is 2. The number of carbonyl (C=O) groups excluding carboxylic acids is 1. The molecule has 0 unspecified atom stereocenters. The van der Waals surface area contributed by atoms with Crippen LogP contribution in [0.3, 0.4) is 0 Å². The zero-order chi connectivity index (χ0) is 17.9. The molecule has 1 aliphatic carbocycles. The van der Waals surface area contributed by atoms with Gasteiger partial charge < -0.3 is 14.5 Å². The molecule has 1 atom stereocenters. The monoisotopic (exact) mass is 358 g/mol. The Kier molecular flexibility index (Phi) is 5.08. The molecule has 0 aromatic carbocycles. The van der Waals surface area contributed by atoms with Gasteiger partial charge in [0.15, 0.2) is 5.69 Å². The van der Waals surface area contributed by atoms with Crippen molar-refractivity contribution in [2.45, 2.75) is 38.6 Å². The Balaban J connectivity index is 1.47. The first-order valence-corrected chi connectivity index (χ1v) is 9.45. The highest BCUT2D eigenvalue weighted by molar-refractivity contribution is 5.94. The lowest BCUT2D eigenvalue weighted by atomic mass is 9.96. The van der Waals surface area contributed by atoms with Gasteiger partial charge >= 0.3 is 0 Å². The molecule has 2 aromatic rings. The third-order valence-corrected chi connectivity index (χ3v) is 5.30. The lowest BCUT2D eigenvalue weighted by Gasteiger charge is -2.33. The number of ether oxygens (including phenoxy) is 1. The van der Waals surface area contributed by atoms with Crippen LogP contribution in [0, 0.1) is 6.92 Å². The number of rotatable bonds is 5. The van der Waals surface area contributed by atoms with Gasteiger partial charge in [-0.1, -0.05) is 0 Å². The summed E-state index contributed by atoms with van der Waals surface area (Å²) in [5.41, 5.74) is 2.76. The Morgan fingerprint density at radius 1 is 1.31 bits per heavy atom. The van der Waals surface area contributed by atoms with E-state index in [1.807, 2.05) is 19.1 Å². The van der Waals surface area contributed by atoms with E-state index >= 15 is 0 Å². The van der Waals surface area contributed by atoms with Crippen molar-refractivity contribution in [2.75, 3.05) is 32.8 Å². The van der Waals surface area contributed by atoms with Crippen molar-refractivity contribution in [1.29, 1.82) is 0 Å². The second-order valence-corrected chi connectivity index (χ2v) is 7.06. The molecule has 2 N–H and O–H groups in total. The number of amides is 1. The molecule has 2 aromatic heterocycles. The summed E-state index contributed by atoms with van der Waals surface area (Å²) in [7, 11) is 0. The highest BCUT2D eigenvalue weighted by Gasteiger charge is 2.27. The molecule has 1 amide bonds. The van der Waals surface area contributed by atoms with E-state index in [2.05, 4.69) is 20.4 Å². The minimum absolute atomic E-state index is 0.00585. The van der Waals surface area contributed by atoms with Crippen LogP contribution < -0.4 is 5.32 Å². The Morgan fingerprint density at radius 2 is 2.12 bits per heavy atom. The van der Waals surface area contributed by atoms with Crippen LogP contribution in [0.15, 0.2) is 16.5 Å². The zero-order valence-electron chi connectivity index (χ0n) is 15.2. The second kappa shape index (κ2) is 7.63. The number of morpholine rings is 1. The van der Waals surface area contributed by atoms with E-state index in [9.17, 15) is 4.79 Å². The number of furan rings is 1. The zero-order valence-corrected chi connectivity index (χ0v) is 15.2. The first kappa shape index (κ1) is 17.3. The number of carbonyl (C=O) groups is 1. The Labute approximate surface area is 153 Å². The van der Waals surface area contributed by atoms with Crippen LogP contribution in [0.2, 0.25) is 0 Å². The summed E-state index contributed by atoms with van der Waals surface area (Å²) in [6, 6.07) is 3.97. The molecule has 0 radical (unpaired) electrons. The lowest BCUT2D eigenvalue weighted by molar-refractivity contribution is 0.0116. The summed E-state index contributed by atoms with van der Waals surface area (Å²) in [5, 5.41) is 10.4. The van der Waals surface area contributed by atoms with Crippen LogP contribution in [0.4, 0.5) is 0 Å². The molecule has 1 aliphatic heterocycles. The third-order valence-electron chi connectivity index (χ3n) is 5.30. The molecular formula is C19H26N4O3. The van der Waals surface area contributed by atoms with Crippen LogP contribution in [-0.4, -0.2) is 53.9 Å². The van der Waals surface area contributed by atoms with Gasteiger partial charge in [-0.2, -0.15) is 5.10 Å². The van der Waals surface area contributed by atoms with Crippen LogP contribution in [-0.2, 0) is 17.6 Å². The highest BCUT2D eigenvalue weighted by atomic mass is 16.5. The Morgan fingerprint density at radius 3 is 2.88 bits per heavy atom. The number of aromatic amines is 1. The molecule has 7 heteroatoms. The summed E-state index contributed by atoms with van der Waals surface area (Å²) in [6.07, 6.45) is 4.19. The summed E-state index contributed by atoms with van der Waals surface area (Å²) >= 11 is 0. The predicted molar refractivity (Wildman–Crippen MR) is 96.1 cm³/mol. The molecule has 3 heterocycles. The Bertz CT molecular complexity index is 761. The van der Waals surface area contributed by atoms with Gasteiger partial charge in [0, 0.05) is 30.9 Å². The summed E-state index contributed by atoms with van der Waals surface area (Å²) in [4.78, 5) is 15.0. The largest absolute Gasteiger partial charge is 0.465 e. The Hall–Kier alpha value is -2.12. The van der Waals surface area contributed by atoms with Crippen LogP contribution in [0.1, 0.15) is 52.1 Å². The fourth-order valence-corrected chi connectivity index (χ4v) is 3.87. The molecule has 0 bridgehead atoms. The van der Waals surface area contributed by atoms with E-state index in [0.717, 1.165) is 61.6 Å². The quantitative estimate of drug-likeness (QED) is 0.854. The third kappa shape index (κ3) is 3.54. The van der Waals surface area contributed by atoms with Crippen LogP contribution >= 0.6 is 0 Å². The molecule has 26 heavy (non-hydrogen) atoms. The lowest BCUT2D eigenvalue weighted by Crippen LogP contribution is -2.43. The number of aryl methyl sites for hydroxylation is 2. The van der Waals surface area contributed by atoms with Crippen molar-refractivity contribution in [3.05, 3.63) is 40.6 Å². The predicted octanol–water partition coefficient (Wildman–Crippen LogP) is 1.99. The minimum Gasteiger partial charge on any atom is -0.465 e. The molecular weight excluding hydrogens is 332 g/mol. The molecule has 7 nitrogen and oxygen atoms in total. The summed E-state index contributed by atoms with van der Waals surface area (Å²) in [5.74, 6) is 1.66. The van der Waals surface area contributed by atoms with E-state index in [4.69, 9.17) is 9.15 Å². The first-order valence-electron chi connectivity index (χ1n) is 9.45. The van der Waals surface area contributed by atoms with Crippen molar-refractivity contribution in [1.82, 2.24) is 20.4 Å². The standard InChI is InChI=1S/C19H26N4O3/c1-13-6-7-17(26-13)16(23-8-10-25-11-9-23)12-20-19(24)18-14-4-2-3-5-15(14)21-22-18/h6-7,16H,2-5,8-12H2,1H3,(H,20,24)(H,21,22)/t16-/m1/s1. The van der Waals surface area contributed by atoms with Gasteiger partial charge in [0.05, 0.1) is 19.3 Å². The average Bonchev–Trinajstić information content (AvgIpc) is 3.29. The average molecular weight is 358 g/mol. The molecule has 1 saturated heterocycles. The first-order chi connectivity index (χ1) is 12.7. The van der Waals surface area contributed by atoms with Crippen LogP contribution in [0.25, 0.3) is 0 Å². The van der Waals surface area contributed by atoms with Crippen molar-refractivity contribution in [2.24, 2.45) is 0 Å². The topological polar surface area (TPSA) is 83.4 Å². The van der Waals surface area contributed by atoms with Crippen molar-refractivity contribution in [3.8, 4) is 0 Å². The fraction of sp³-hybridized carbons (Fsp3) is 0.579. The normalized spacial score (nSPS) is 19.1. The SMILES string of the molecule is Cc1ccc([C@@H](CNC(=O)c2n[nH]c3c2CCCC3)N2CCOCC2)o1. The minimum atomic E-state index is -0.106. The van der Waals surface area contributed by atoms with Gasteiger partial charge in [-0.05, 0) is 44.7 Å². The van der Waals surface area contributed by atoms with Gasteiger partial charge in [0.1, 0.15) is 11.5 Å². The summed E-state index contributed by atoms with van der Waals surface area (Å²) < 4.78 is 11.3. The van der Waals surface area contributed by atoms with Gasteiger partial charge in [0.2, 0.25) is 0 Å². The maximum atomic E-state index is 12.7. The smallest absolute Gasteiger partial charge is 0.272 e. The molecule has 1 fully saturated rings. The molecule has 0 spiro atoms. The second-order valence-electron chi connectivity index (χ2n) is 7.06. The van der Waals surface area contributed by atoms with E-state index in [1.165, 1.54) is 0 Å². The maximum absolute atomic E-state index is 12.7. The number of H-pyrrole nitrogens is 1.